The lowest BCUT2D eigenvalue weighted by molar-refractivity contribution is -0.387. The van der Waals surface area contributed by atoms with E-state index in [1.165, 1.54) is 17.8 Å². The largest absolute Gasteiger partial charge is 0.285 e. The van der Waals surface area contributed by atoms with Gasteiger partial charge in [0.15, 0.2) is 0 Å². The van der Waals surface area contributed by atoms with Crippen molar-refractivity contribution in [2.45, 2.75) is 11.3 Å². The Balaban J connectivity index is 2.95. The highest BCUT2D eigenvalue weighted by Crippen LogP contribution is 2.33. The molecular formula is C9H8Cl2FNO2S. The molecule has 1 rings (SSSR count). The summed E-state index contributed by atoms with van der Waals surface area (Å²) in [7, 11) is 0. The van der Waals surface area contributed by atoms with E-state index in [9.17, 15) is 14.5 Å². The highest BCUT2D eigenvalue weighted by atomic mass is 35.5. The standard InChI is InChI=1S/C9H8Cl2FNO2S/c10-2-1-3-16-9-4-6(11)7(12)5-8(9)13(14)15/h4-5H,1-3H2. The van der Waals surface area contributed by atoms with Gasteiger partial charge in [0.1, 0.15) is 5.82 Å². The van der Waals surface area contributed by atoms with Gasteiger partial charge in [-0.15, -0.1) is 23.4 Å². The fourth-order valence-electron chi connectivity index (χ4n) is 1.01. The van der Waals surface area contributed by atoms with E-state index in [1.54, 1.807) is 0 Å². The molecule has 0 aliphatic rings. The molecular weight excluding hydrogens is 276 g/mol. The van der Waals surface area contributed by atoms with Crippen LogP contribution in [0.2, 0.25) is 5.02 Å². The number of thioether (sulfide) groups is 1. The van der Waals surface area contributed by atoms with E-state index in [0.29, 0.717) is 16.5 Å². The van der Waals surface area contributed by atoms with Gasteiger partial charge in [0.05, 0.1) is 20.9 Å². The van der Waals surface area contributed by atoms with Crippen LogP contribution in [0.4, 0.5) is 10.1 Å². The van der Waals surface area contributed by atoms with Gasteiger partial charge in [0, 0.05) is 5.88 Å². The van der Waals surface area contributed by atoms with E-state index in [-0.39, 0.29) is 10.7 Å². The number of hydrogen-bond donors (Lipinski definition) is 0. The van der Waals surface area contributed by atoms with E-state index in [1.807, 2.05) is 0 Å². The lowest BCUT2D eigenvalue weighted by Crippen LogP contribution is -1.94. The predicted molar refractivity (Wildman–Crippen MR) is 64.1 cm³/mol. The number of nitrogens with zero attached hydrogens (tertiary/aromatic N) is 1. The number of benzene rings is 1. The predicted octanol–water partition coefficient (Wildman–Crippen LogP) is 4.11. The number of halogens is 3. The first-order chi connectivity index (χ1) is 7.56. The quantitative estimate of drug-likeness (QED) is 0.269. The molecule has 0 amide bonds. The summed E-state index contributed by atoms with van der Waals surface area (Å²) in [5, 5.41) is 10.6. The van der Waals surface area contributed by atoms with E-state index < -0.39 is 10.7 Å². The number of hydrogen-bond acceptors (Lipinski definition) is 3. The molecule has 0 heterocycles. The second-order valence-corrected chi connectivity index (χ2v) is 4.80. The number of nitro groups is 1. The maximum Gasteiger partial charge on any atom is 0.285 e. The lowest BCUT2D eigenvalue weighted by Gasteiger charge is -2.03. The molecule has 0 saturated heterocycles. The topological polar surface area (TPSA) is 43.1 Å². The van der Waals surface area contributed by atoms with Crippen molar-refractivity contribution in [1.82, 2.24) is 0 Å². The third-order valence-electron chi connectivity index (χ3n) is 1.73. The number of rotatable bonds is 5. The van der Waals surface area contributed by atoms with Crippen LogP contribution in [0.5, 0.6) is 0 Å². The maximum atomic E-state index is 13.0. The third-order valence-corrected chi connectivity index (χ3v) is 3.42. The molecule has 0 aliphatic carbocycles. The van der Waals surface area contributed by atoms with Gasteiger partial charge in [-0.2, -0.15) is 0 Å². The monoisotopic (exact) mass is 283 g/mol. The molecule has 0 aromatic heterocycles. The van der Waals surface area contributed by atoms with Crippen molar-refractivity contribution in [1.29, 1.82) is 0 Å². The summed E-state index contributed by atoms with van der Waals surface area (Å²) < 4.78 is 13.0. The van der Waals surface area contributed by atoms with Gasteiger partial charge in [-0.3, -0.25) is 10.1 Å². The van der Waals surface area contributed by atoms with E-state index in [2.05, 4.69) is 0 Å². The van der Waals surface area contributed by atoms with Crippen LogP contribution in [0, 0.1) is 15.9 Å². The minimum Gasteiger partial charge on any atom is -0.258 e. The van der Waals surface area contributed by atoms with Gasteiger partial charge in [0.2, 0.25) is 0 Å². The van der Waals surface area contributed by atoms with Crippen LogP contribution in [0.15, 0.2) is 17.0 Å². The van der Waals surface area contributed by atoms with Crippen molar-refractivity contribution in [2.75, 3.05) is 11.6 Å². The first-order valence-electron chi connectivity index (χ1n) is 4.38. The zero-order valence-corrected chi connectivity index (χ0v) is 10.4. The van der Waals surface area contributed by atoms with Gasteiger partial charge < -0.3 is 0 Å². The summed E-state index contributed by atoms with van der Waals surface area (Å²) in [6.45, 7) is 0. The minimum absolute atomic E-state index is 0.112. The molecule has 7 heteroatoms. The van der Waals surface area contributed by atoms with Crippen LogP contribution < -0.4 is 0 Å². The molecule has 0 radical (unpaired) electrons. The Morgan fingerprint density at radius 2 is 2.19 bits per heavy atom. The molecule has 0 spiro atoms. The molecule has 0 atom stereocenters. The fraction of sp³-hybridized carbons (Fsp3) is 0.333. The van der Waals surface area contributed by atoms with Gasteiger partial charge in [-0.05, 0) is 18.2 Å². The normalized spacial score (nSPS) is 10.4. The van der Waals surface area contributed by atoms with Crippen molar-refractivity contribution in [3.8, 4) is 0 Å². The van der Waals surface area contributed by atoms with Crippen LogP contribution in [0.25, 0.3) is 0 Å². The Hall–Kier alpha value is -0.520. The van der Waals surface area contributed by atoms with Crippen LogP contribution >= 0.6 is 35.0 Å². The second-order valence-electron chi connectivity index (χ2n) is 2.88. The summed E-state index contributed by atoms with van der Waals surface area (Å²) in [5.41, 5.74) is -0.263. The Morgan fingerprint density at radius 1 is 1.50 bits per heavy atom. The maximum absolute atomic E-state index is 13.0. The molecule has 0 fully saturated rings. The number of nitro benzene ring substituents is 1. The summed E-state index contributed by atoms with van der Waals surface area (Å²) in [6, 6.07) is 2.11. The molecule has 0 saturated carbocycles. The van der Waals surface area contributed by atoms with Crippen molar-refractivity contribution >= 4 is 40.7 Å². The highest BCUT2D eigenvalue weighted by molar-refractivity contribution is 7.99. The van der Waals surface area contributed by atoms with Gasteiger partial charge in [0.25, 0.3) is 5.69 Å². The van der Waals surface area contributed by atoms with Gasteiger partial charge in [-0.1, -0.05) is 11.6 Å². The van der Waals surface area contributed by atoms with E-state index >= 15 is 0 Å². The summed E-state index contributed by atoms with van der Waals surface area (Å²) in [4.78, 5) is 10.4. The van der Waals surface area contributed by atoms with E-state index in [0.717, 1.165) is 12.5 Å². The molecule has 0 bridgehead atoms. The number of alkyl halides is 1. The zero-order valence-electron chi connectivity index (χ0n) is 8.08. The second kappa shape index (κ2) is 6.27. The zero-order chi connectivity index (χ0) is 12.1. The van der Waals surface area contributed by atoms with Crippen molar-refractivity contribution < 1.29 is 9.31 Å². The summed E-state index contributed by atoms with van der Waals surface area (Å²) in [6.07, 6.45) is 0.721. The molecule has 1 aromatic rings. The molecule has 0 N–H and O–H groups in total. The van der Waals surface area contributed by atoms with Gasteiger partial charge in [-0.25, -0.2) is 4.39 Å². The van der Waals surface area contributed by atoms with Crippen molar-refractivity contribution in [3.63, 3.8) is 0 Å². The Bertz CT molecular complexity index is 403. The van der Waals surface area contributed by atoms with Crippen LogP contribution in [-0.2, 0) is 0 Å². The molecule has 0 unspecified atom stereocenters. The van der Waals surface area contributed by atoms with Crippen molar-refractivity contribution in [3.05, 3.63) is 33.1 Å². The SMILES string of the molecule is O=[N+]([O-])c1cc(F)c(Cl)cc1SCCCCl. The lowest BCUT2D eigenvalue weighted by atomic mass is 10.3. The molecule has 88 valence electrons. The first kappa shape index (κ1) is 13.5. The van der Waals surface area contributed by atoms with E-state index in [4.69, 9.17) is 23.2 Å². The van der Waals surface area contributed by atoms with Crippen LogP contribution in [-0.4, -0.2) is 16.6 Å². The third kappa shape index (κ3) is 3.50. The Labute approximate surface area is 106 Å². The average molecular weight is 284 g/mol. The van der Waals surface area contributed by atoms with Crippen molar-refractivity contribution in [2.24, 2.45) is 0 Å². The molecule has 1 aromatic carbocycles. The van der Waals surface area contributed by atoms with Gasteiger partial charge >= 0.3 is 0 Å². The molecule has 16 heavy (non-hydrogen) atoms. The molecule has 0 aliphatic heterocycles. The Morgan fingerprint density at radius 3 is 2.75 bits per heavy atom. The Kier molecular flexibility index (Phi) is 5.31. The highest BCUT2D eigenvalue weighted by Gasteiger charge is 2.17. The molecule has 3 nitrogen and oxygen atoms in total. The van der Waals surface area contributed by atoms with Crippen LogP contribution in [0.3, 0.4) is 0 Å². The first-order valence-corrected chi connectivity index (χ1v) is 6.28. The fourth-order valence-corrected chi connectivity index (χ4v) is 2.52. The smallest absolute Gasteiger partial charge is 0.258 e. The summed E-state index contributed by atoms with van der Waals surface area (Å²) in [5.74, 6) is 0.331. The van der Waals surface area contributed by atoms with Crippen LogP contribution in [0.1, 0.15) is 6.42 Å². The summed E-state index contributed by atoms with van der Waals surface area (Å²) >= 11 is 12.3. The average Bonchev–Trinajstić information content (AvgIpc) is 2.23. The minimum atomic E-state index is -0.782.